The van der Waals surface area contributed by atoms with Gasteiger partial charge in [0.05, 0.1) is 45.7 Å². The van der Waals surface area contributed by atoms with Crippen molar-refractivity contribution in [3.63, 3.8) is 0 Å². The van der Waals surface area contributed by atoms with Crippen LogP contribution in [0.5, 0.6) is 17.2 Å². The second-order valence-corrected chi connectivity index (χ2v) is 37.9. The minimum atomic E-state index is -2.21. The van der Waals surface area contributed by atoms with Crippen molar-refractivity contribution in [3.8, 4) is 17.2 Å². The maximum absolute atomic E-state index is 12.1. The van der Waals surface area contributed by atoms with E-state index in [1.807, 2.05) is 13.8 Å². The van der Waals surface area contributed by atoms with E-state index in [4.69, 9.17) is 32.2 Å². The molecule has 2 unspecified atom stereocenters. The standard InChI is InChI=1S/C50H96O8Si3/c1-32(31-55-59(20,21)48(8,9)10)26-27-41-36(5)43(58-61(24,25)50(14,15)16)37(6)45(56-41)42-39(44(52-17)38(7)46(53-18)47(42)54-19)30-40(51)34(3)28-33(2)29-35(4)57-60(22,23)49(11,12)13/h28,32-33,35-37,40-41,43,45,51H,26-27,29-31H2,1-25H3/b34-28+/t32-,33-,35?,36-,37+,40?,41+,43-,45+/m0/s1. The summed E-state index contributed by atoms with van der Waals surface area (Å²) in [7, 11) is -0.903. The van der Waals surface area contributed by atoms with Crippen LogP contribution in [-0.2, 0) is 24.4 Å². The van der Waals surface area contributed by atoms with Crippen molar-refractivity contribution in [2.45, 2.75) is 221 Å². The van der Waals surface area contributed by atoms with Crippen molar-refractivity contribution in [1.82, 2.24) is 0 Å². The third kappa shape index (κ3) is 13.9. The van der Waals surface area contributed by atoms with Crippen LogP contribution in [0.25, 0.3) is 0 Å². The molecule has 0 saturated carbocycles. The van der Waals surface area contributed by atoms with Crippen molar-refractivity contribution in [2.75, 3.05) is 27.9 Å². The molecule has 1 fully saturated rings. The molecule has 1 aliphatic heterocycles. The van der Waals surface area contributed by atoms with Crippen LogP contribution in [0.4, 0.5) is 0 Å². The van der Waals surface area contributed by atoms with E-state index in [1.54, 1.807) is 21.3 Å². The average Bonchev–Trinajstić information content (AvgIpc) is 3.10. The lowest BCUT2D eigenvalue weighted by atomic mass is 9.77. The third-order valence-corrected chi connectivity index (χ3v) is 28.8. The molecule has 2 rings (SSSR count). The monoisotopic (exact) mass is 909 g/mol. The molecule has 0 aromatic heterocycles. The van der Waals surface area contributed by atoms with Crippen molar-refractivity contribution in [2.24, 2.45) is 23.7 Å². The van der Waals surface area contributed by atoms with Crippen molar-refractivity contribution in [3.05, 3.63) is 28.3 Å². The summed E-state index contributed by atoms with van der Waals surface area (Å²) >= 11 is 0. The van der Waals surface area contributed by atoms with Gasteiger partial charge in [0.1, 0.15) is 5.75 Å². The summed E-state index contributed by atoms with van der Waals surface area (Å²) in [6.07, 6.45) is 4.07. The molecule has 1 heterocycles. The SMILES string of the molecule is COc1c(C)c(OC)c(OC)c([C@@H]2O[C@H](CC[C@H](C)CO[Si](C)(C)C(C)(C)C)[C@H](C)[C@H](O[Si](C)(C)C(C)(C)C)[C@H]2C)c1CC(O)/C(C)=C/[C@H](C)CC(C)O[Si](C)(C)C(C)(C)C. The quantitative estimate of drug-likeness (QED) is 0.102. The summed E-state index contributed by atoms with van der Waals surface area (Å²) in [5.74, 6) is 2.64. The Balaban J connectivity index is 2.71. The zero-order valence-electron chi connectivity index (χ0n) is 44.1. The molecule has 1 aromatic rings. The van der Waals surface area contributed by atoms with Crippen LogP contribution in [0.15, 0.2) is 11.6 Å². The first kappa shape index (κ1) is 55.9. The largest absolute Gasteiger partial charge is 0.496 e. The Kier molecular flexibility index (Phi) is 19.6. The molecule has 61 heavy (non-hydrogen) atoms. The Morgan fingerprint density at radius 2 is 1.26 bits per heavy atom. The molecular formula is C50H96O8Si3. The van der Waals surface area contributed by atoms with E-state index in [0.29, 0.717) is 29.6 Å². The van der Waals surface area contributed by atoms with Gasteiger partial charge in [-0.15, -0.1) is 0 Å². The number of ether oxygens (including phenoxy) is 4. The maximum atomic E-state index is 12.1. The van der Waals surface area contributed by atoms with Gasteiger partial charge in [0.25, 0.3) is 0 Å². The van der Waals surface area contributed by atoms with Crippen molar-refractivity contribution in [1.29, 1.82) is 0 Å². The zero-order valence-corrected chi connectivity index (χ0v) is 47.1. The lowest BCUT2D eigenvalue weighted by Gasteiger charge is -2.50. The number of methoxy groups -OCH3 is 3. The average molecular weight is 910 g/mol. The maximum Gasteiger partial charge on any atom is 0.192 e. The van der Waals surface area contributed by atoms with Gasteiger partial charge in [0.15, 0.2) is 36.5 Å². The molecule has 11 heteroatoms. The molecule has 1 aliphatic rings. The Bertz CT molecular complexity index is 1580. The van der Waals surface area contributed by atoms with Gasteiger partial charge in [-0.2, -0.15) is 0 Å². The van der Waals surface area contributed by atoms with Gasteiger partial charge in [-0.05, 0) is 112 Å². The van der Waals surface area contributed by atoms with Gasteiger partial charge in [-0.25, -0.2) is 0 Å². The van der Waals surface area contributed by atoms with Gasteiger partial charge in [-0.3, -0.25) is 0 Å². The van der Waals surface area contributed by atoms with E-state index in [9.17, 15) is 5.11 Å². The molecule has 0 amide bonds. The number of hydrogen-bond acceptors (Lipinski definition) is 8. The summed E-state index contributed by atoms with van der Waals surface area (Å²) < 4.78 is 47.0. The van der Waals surface area contributed by atoms with Crippen LogP contribution in [0, 0.1) is 30.6 Å². The van der Waals surface area contributed by atoms with E-state index in [1.165, 1.54) is 0 Å². The smallest absolute Gasteiger partial charge is 0.192 e. The summed E-state index contributed by atoms with van der Waals surface area (Å²) in [6, 6.07) is 0. The van der Waals surface area contributed by atoms with Gasteiger partial charge < -0.3 is 37.3 Å². The molecule has 1 saturated heterocycles. The van der Waals surface area contributed by atoms with E-state index >= 15 is 0 Å². The summed E-state index contributed by atoms with van der Waals surface area (Å²) in [5.41, 5.74) is 3.51. The van der Waals surface area contributed by atoms with Crippen LogP contribution in [0.2, 0.25) is 54.4 Å². The van der Waals surface area contributed by atoms with E-state index < -0.39 is 37.2 Å². The van der Waals surface area contributed by atoms with Crippen molar-refractivity contribution >= 4 is 25.0 Å². The molecule has 0 bridgehead atoms. The van der Waals surface area contributed by atoms with Gasteiger partial charge in [0, 0.05) is 47.7 Å². The summed E-state index contributed by atoms with van der Waals surface area (Å²) in [6.45, 7) is 50.7. The Labute approximate surface area is 379 Å². The zero-order chi connectivity index (χ0) is 47.4. The van der Waals surface area contributed by atoms with Crippen LogP contribution < -0.4 is 14.2 Å². The van der Waals surface area contributed by atoms with Crippen LogP contribution in [-0.4, -0.2) is 82.4 Å². The highest BCUT2D eigenvalue weighted by Crippen LogP contribution is 2.54. The topological polar surface area (TPSA) is 84.8 Å². The fourth-order valence-corrected chi connectivity index (χ4v) is 12.2. The minimum Gasteiger partial charge on any atom is -0.496 e. The van der Waals surface area contributed by atoms with Gasteiger partial charge in [-0.1, -0.05) is 96.1 Å². The number of benzene rings is 1. The van der Waals surface area contributed by atoms with E-state index in [-0.39, 0.29) is 51.2 Å². The fraction of sp³-hybridized carbons (Fsp3) is 0.840. The van der Waals surface area contributed by atoms with E-state index in [2.05, 4.69) is 142 Å². The van der Waals surface area contributed by atoms with Gasteiger partial charge >= 0.3 is 0 Å². The first-order chi connectivity index (χ1) is 27.6. The van der Waals surface area contributed by atoms with Crippen LogP contribution in [0.3, 0.4) is 0 Å². The minimum absolute atomic E-state index is 0.0320. The highest BCUT2D eigenvalue weighted by atomic mass is 28.4. The first-order valence-corrected chi connectivity index (χ1v) is 32.1. The first-order valence-electron chi connectivity index (χ1n) is 23.4. The molecule has 1 aromatic carbocycles. The fourth-order valence-electron chi connectivity index (χ4n) is 8.13. The number of rotatable bonds is 20. The number of hydrogen-bond donors (Lipinski definition) is 1. The number of aliphatic hydroxyl groups excluding tert-OH is 1. The lowest BCUT2D eigenvalue weighted by Crippen LogP contribution is -2.53. The molecule has 0 radical (unpaired) electrons. The van der Waals surface area contributed by atoms with Gasteiger partial charge in [0.2, 0.25) is 0 Å². The molecule has 8 nitrogen and oxygen atoms in total. The Hall–Kier alpha value is -1.19. The Morgan fingerprint density at radius 1 is 0.754 bits per heavy atom. The molecule has 356 valence electrons. The van der Waals surface area contributed by atoms with Crippen LogP contribution >= 0.6 is 0 Å². The van der Waals surface area contributed by atoms with E-state index in [0.717, 1.165) is 48.1 Å². The molecule has 0 spiro atoms. The molecule has 9 atom stereocenters. The summed E-state index contributed by atoms with van der Waals surface area (Å²) in [4.78, 5) is 0. The molecule has 0 aliphatic carbocycles. The molecule has 1 N–H and O–H groups in total. The predicted octanol–water partition coefficient (Wildman–Crippen LogP) is 13.8. The third-order valence-electron chi connectivity index (χ3n) is 15.2. The Morgan fingerprint density at radius 3 is 1.74 bits per heavy atom. The number of aliphatic hydroxyl groups is 1. The van der Waals surface area contributed by atoms with Crippen molar-refractivity contribution < 1.29 is 37.3 Å². The highest BCUT2D eigenvalue weighted by Gasteiger charge is 2.50. The molecular weight excluding hydrogens is 813 g/mol. The summed E-state index contributed by atoms with van der Waals surface area (Å²) in [5, 5.41) is 12.5. The number of allylic oxidation sites excluding steroid dienone is 1. The van der Waals surface area contributed by atoms with Crippen LogP contribution in [0.1, 0.15) is 146 Å². The lowest BCUT2D eigenvalue weighted by molar-refractivity contribution is -0.165. The second-order valence-electron chi connectivity index (χ2n) is 23.6. The predicted molar refractivity (Wildman–Crippen MR) is 265 cm³/mol. The highest BCUT2D eigenvalue weighted by molar-refractivity contribution is 6.75. The second kappa shape index (κ2) is 21.4. The normalized spacial score (nSPS) is 23.4.